The third-order valence-electron chi connectivity index (χ3n) is 2.90. The van der Waals surface area contributed by atoms with Crippen LogP contribution in [0.3, 0.4) is 0 Å². The number of rotatable bonds is 3. The molecule has 0 atom stereocenters. The molecule has 2 heteroatoms. The summed E-state index contributed by atoms with van der Waals surface area (Å²) in [6.07, 6.45) is 7.80. The van der Waals surface area contributed by atoms with Gasteiger partial charge in [0, 0.05) is 12.0 Å². The average Bonchev–Trinajstić information content (AvgIpc) is 2.10. The molecule has 2 nitrogen and oxygen atoms in total. The molecule has 0 spiro atoms. The first kappa shape index (κ1) is 11.7. The van der Waals surface area contributed by atoms with Crippen molar-refractivity contribution in [3.8, 4) is 0 Å². The van der Waals surface area contributed by atoms with Gasteiger partial charge >= 0.3 is 0 Å². The lowest BCUT2D eigenvalue weighted by Gasteiger charge is -2.30. The van der Waals surface area contributed by atoms with Gasteiger partial charge in [-0.1, -0.05) is 33.1 Å². The largest absolute Gasteiger partial charge is 0.303 e. The molecule has 82 valence electrons. The van der Waals surface area contributed by atoms with Crippen LogP contribution in [-0.4, -0.2) is 30.8 Å². The lowest BCUT2D eigenvalue weighted by atomic mass is 9.94. The van der Waals surface area contributed by atoms with Crippen molar-refractivity contribution >= 4 is 6.29 Å². The molecule has 0 radical (unpaired) electrons. The monoisotopic (exact) mass is 197 g/mol. The van der Waals surface area contributed by atoms with Crippen molar-refractivity contribution in [2.24, 2.45) is 5.41 Å². The van der Waals surface area contributed by atoms with E-state index in [0.29, 0.717) is 0 Å². The number of carbonyl (C=O) groups is 1. The summed E-state index contributed by atoms with van der Waals surface area (Å²) >= 11 is 0. The Balaban J connectivity index is 2.37. The molecule has 1 aliphatic heterocycles. The van der Waals surface area contributed by atoms with Crippen molar-refractivity contribution in [3.63, 3.8) is 0 Å². The molecule has 0 amide bonds. The van der Waals surface area contributed by atoms with Gasteiger partial charge in [-0.2, -0.15) is 0 Å². The van der Waals surface area contributed by atoms with E-state index < -0.39 is 0 Å². The minimum Gasteiger partial charge on any atom is -0.303 e. The Morgan fingerprint density at radius 3 is 2.07 bits per heavy atom. The molecule has 0 aromatic rings. The molecule has 0 saturated carbocycles. The number of carbonyl (C=O) groups excluding carboxylic acids is 1. The van der Waals surface area contributed by atoms with E-state index in [1.807, 2.05) is 13.8 Å². The second-order valence-corrected chi connectivity index (χ2v) is 5.15. The number of aldehydes is 1. The van der Waals surface area contributed by atoms with Crippen LogP contribution in [0.5, 0.6) is 0 Å². The zero-order valence-electron chi connectivity index (χ0n) is 9.59. The van der Waals surface area contributed by atoms with Gasteiger partial charge in [0.05, 0.1) is 0 Å². The fraction of sp³-hybridized carbons (Fsp3) is 0.917. The van der Waals surface area contributed by atoms with Gasteiger partial charge in [0.15, 0.2) is 0 Å². The summed E-state index contributed by atoms with van der Waals surface area (Å²) < 4.78 is 0. The molecule has 0 unspecified atom stereocenters. The third kappa shape index (κ3) is 4.23. The van der Waals surface area contributed by atoms with E-state index in [-0.39, 0.29) is 5.41 Å². The molecular formula is C12H23NO. The SMILES string of the molecule is CC(C)(C=O)CN1CCCCCCC1. The zero-order valence-corrected chi connectivity index (χ0v) is 9.59. The van der Waals surface area contributed by atoms with Gasteiger partial charge in [-0.05, 0) is 25.9 Å². The predicted molar refractivity (Wildman–Crippen MR) is 59.4 cm³/mol. The van der Waals surface area contributed by atoms with Crippen molar-refractivity contribution in [1.29, 1.82) is 0 Å². The van der Waals surface area contributed by atoms with Crippen LogP contribution in [0.4, 0.5) is 0 Å². The lowest BCUT2D eigenvalue weighted by molar-refractivity contribution is -0.115. The van der Waals surface area contributed by atoms with Gasteiger partial charge < -0.3 is 9.69 Å². The Morgan fingerprint density at radius 1 is 1.07 bits per heavy atom. The van der Waals surface area contributed by atoms with Crippen molar-refractivity contribution in [1.82, 2.24) is 4.90 Å². The fourth-order valence-corrected chi connectivity index (χ4v) is 2.08. The second-order valence-electron chi connectivity index (χ2n) is 5.15. The summed E-state index contributed by atoms with van der Waals surface area (Å²) in [5.41, 5.74) is -0.167. The van der Waals surface area contributed by atoms with Crippen LogP contribution in [0.25, 0.3) is 0 Å². The highest BCUT2D eigenvalue weighted by atomic mass is 16.1. The van der Waals surface area contributed by atoms with Gasteiger partial charge in [0.2, 0.25) is 0 Å². The van der Waals surface area contributed by atoms with Gasteiger partial charge in [0.1, 0.15) is 6.29 Å². The minimum atomic E-state index is -0.167. The predicted octanol–water partition coefficient (Wildman–Crippen LogP) is 2.48. The highest BCUT2D eigenvalue weighted by Gasteiger charge is 2.20. The molecule has 14 heavy (non-hydrogen) atoms. The highest BCUT2D eigenvalue weighted by molar-refractivity contribution is 5.58. The Morgan fingerprint density at radius 2 is 1.57 bits per heavy atom. The van der Waals surface area contributed by atoms with Crippen LogP contribution >= 0.6 is 0 Å². The van der Waals surface area contributed by atoms with Crippen LogP contribution in [0.2, 0.25) is 0 Å². The first-order chi connectivity index (χ1) is 6.64. The van der Waals surface area contributed by atoms with Crippen molar-refractivity contribution in [3.05, 3.63) is 0 Å². The smallest absolute Gasteiger partial charge is 0.126 e. The Bertz CT molecular complexity index is 169. The van der Waals surface area contributed by atoms with E-state index in [4.69, 9.17) is 0 Å². The van der Waals surface area contributed by atoms with Crippen molar-refractivity contribution < 1.29 is 4.79 Å². The summed E-state index contributed by atoms with van der Waals surface area (Å²) in [5.74, 6) is 0. The van der Waals surface area contributed by atoms with Gasteiger partial charge in [-0.25, -0.2) is 0 Å². The summed E-state index contributed by atoms with van der Waals surface area (Å²) in [6.45, 7) is 7.34. The Kier molecular flexibility index (Phi) is 4.59. The highest BCUT2D eigenvalue weighted by Crippen LogP contribution is 2.17. The molecule has 1 fully saturated rings. The van der Waals surface area contributed by atoms with Crippen molar-refractivity contribution in [2.45, 2.75) is 46.0 Å². The number of nitrogens with zero attached hydrogens (tertiary/aromatic N) is 1. The molecule has 0 aromatic heterocycles. The Labute approximate surface area is 87.7 Å². The molecule has 0 aromatic carbocycles. The number of hydrogen-bond donors (Lipinski definition) is 0. The van der Waals surface area contributed by atoms with Crippen LogP contribution in [-0.2, 0) is 4.79 Å². The summed E-state index contributed by atoms with van der Waals surface area (Å²) in [7, 11) is 0. The summed E-state index contributed by atoms with van der Waals surface area (Å²) in [5, 5.41) is 0. The normalized spacial score (nSPS) is 21.3. The van der Waals surface area contributed by atoms with Gasteiger partial charge in [-0.3, -0.25) is 0 Å². The van der Waals surface area contributed by atoms with Crippen molar-refractivity contribution in [2.75, 3.05) is 19.6 Å². The zero-order chi connectivity index (χ0) is 10.4. The maximum atomic E-state index is 10.8. The maximum absolute atomic E-state index is 10.8. The van der Waals surface area contributed by atoms with E-state index in [2.05, 4.69) is 4.90 Å². The third-order valence-corrected chi connectivity index (χ3v) is 2.90. The topological polar surface area (TPSA) is 20.3 Å². The van der Waals surface area contributed by atoms with E-state index >= 15 is 0 Å². The number of likely N-dealkylation sites (tertiary alicyclic amines) is 1. The summed E-state index contributed by atoms with van der Waals surface area (Å²) in [4.78, 5) is 13.3. The average molecular weight is 197 g/mol. The molecule has 0 N–H and O–H groups in total. The van der Waals surface area contributed by atoms with Crippen LogP contribution in [0.1, 0.15) is 46.0 Å². The Hall–Kier alpha value is -0.370. The molecular weight excluding hydrogens is 174 g/mol. The molecule has 1 aliphatic rings. The molecule has 1 saturated heterocycles. The lowest BCUT2D eigenvalue weighted by Crippen LogP contribution is -2.37. The van der Waals surface area contributed by atoms with Crippen LogP contribution in [0, 0.1) is 5.41 Å². The second kappa shape index (κ2) is 5.50. The number of hydrogen-bond acceptors (Lipinski definition) is 2. The van der Waals surface area contributed by atoms with E-state index in [1.165, 1.54) is 45.2 Å². The van der Waals surface area contributed by atoms with E-state index in [9.17, 15) is 4.79 Å². The van der Waals surface area contributed by atoms with Gasteiger partial charge in [-0.15, -0.1) is 0 Å². The van der Waals surface area contributed by atoms with E-state index in [0.717, 1.165) is 12.8 Å². The quantitative estimate of drug-likeness (QED) is 0.648. The molecule has 1 rings (SSSR count). The molecule has 0 aliphatic carbocycles. The minimum absolute atomic E-state index is 0.167. The van der Waals surface area contributed by atoms with E-state index in [1.54, 1.807) is 0 Å². The standard InChI is InChI=1S/C12H23NO/c1-12(2,11-14)10-13-8-6-4-3-5-7-9-13/h11H,3-10H2,1-2H3. The first-order valence-electron chi connectivity index (χ1n) is 5.83. The summed E-state index contributed by atoms with van der Waals surface area (Å²) in [6, 6.07) is 0. The first-order valence-corrected chi connectivity index (χ1v) is 5.83. The van der Waals surface area contributed by atoms with Crippen LogP contribution < -0.4 is 0 Å². The fourth-order valence-electron chi connectivity index (χ4n) is 2.08. The van der Waals surface area contributed by atoms with Gasteiger partial charge in [0.25, 0.3) is 0 Å². The molecule has 1 heterocycles. The maximum Gasteiger partial charge on any atom is 0.126 e. The molecule has 0 bridgehead atoms. The van der Waals surface area contributed by atoms with Crippen LogP contribution in [0.15, 0.2) is 0 Å².